The molecule has 0 aliphatic rings. The molecular formula is C19H19N5S. The summed E-state index contributed by atoms with van der Waals surface area (Å²) in [5.41, 5.74) is 5.43. The molecule has 2 N–H and O–H groups in total. The second-order valence-electron chi connectivity index (χ2n) is 5.95. The van der Waals surface area contributed by atoms with Gasteiger partial charge >= 0.3 is 0 Å². The summed E-state index contributed by atoms with van der Waals surface area (Å²) in [4.78, 5) is 10.2. The van der Waals surface area contributed by atoms with Gasteiger partial charge in [-0.1, -0.05) is 30.3 Å². The predicted molar refractivity (Wildman–Crippen MR) is 104 cm³/mol. The smallest absolute Gasteiger partial charge is 0.252 e. The lowest BCUT2D eigenvalue weighted by atomic mass is 10.1. The van der Waals surface area contributed by atoms with Crippen molar-refractivity contribution in [3.05, 3.63) is 59.9 Å². The van der Waals surface area contributed by atoms with E-state index in [2.05, 4.69) is 78.0 Å². The second-order valence-corrected chi connectivity index (χ2v) is 6.83. The summed E-state index contributed by atoms with van der Waals surface area (Å²) in [5.74, 6) is 1.54. The maximum Gasteiger partial charge on any atom is 0.252 e. The van der Waals surface area contributed by atoms with E-state index in [0.29, 0.717) is 5.78 Å². The van der Waals surface area contributed by atoms with Crippen molar-refractivity contribution in [1.29, 1.82) is 0 Å². The van der Waals surface area contributed by atoms with E-state index < -0.39 is 0 Å². The third-order valence-electron chi connectivity index (χ3n) is 4.31. The molecule has 0 aliphatic carbocycles. The van der Waals surface area contributed by atoms with Crippen LogP contribution in [-0.4, -0.2) is 25.8 Å². The van der Waals surface area contributed by atoms with Gasteiger partial charge in [0.25, 0.3) is 5.78 Å². The maximum absolute atomic E-state index is 4.71. The number of nitrogens with one attached hydrogen (secondary N) is 2. The largest absolute Gasteiger partial charge is 0.338 e. The maximum atomic E-state index is 4.71. The third-order valence-corrected chi connectivity index (χ3v) is 5.06. The summed E-state index contributed by atoms with van der Waals surface area (Å²) in [6.07, 6.45) is 3.73. The fourth-order valence-corrected chi connectivity index (χ4v) is 3.37. The third kappa shape index (κ3) is 2.78. The van der Waals surface area contributed by atoms with Crippen LogP contribution >= 0.6 is 11.8 Å². The van der Waals surface area contributed by atoms with E-state index in [9.17, 15) is 0 Å². The zero-order valence-electron chi connectivity index (χ0n) is 14.4. The lowest BCUT2D eigenvalue weighted by Crippen LogP contribution is -2.01. The monoisotopic (exact) mass is 349 g/mol. The Morgan fingerprint density at radius 1 is 1.04 bits per heavy atom. The van der Waals surface area contributed by atoms with E-state index in [1.165, 1.54) is 16.0 Å². The zero-order chi connectivity index (χ0) is 17.4. The molecule has 2 aromatic heterocycles. The van der Waals surface area contributed by atoms with Crippen molar-refractivity contribution >= 4 is 29.0 Å². The molecule has 4 rings (SSSR count). The minimum atomic E-state index is 0.651. The van der Waals surface area contributed by atoms with Crippen LogP contribution in [0.25, 0.3) is 17.0 Å². The summed E-state index contributed by atoms with van der Waals surface area (Å²) in [7, 11) is 0. The van der Waals surface area contributed by atoms with Crippen molar-refractivity contribution in [3.8, 4) is 11.3 Å². The minimum absolute atomic E-state index is 0.651. The van der Waals surface area contributed by atoms with Gasteiger partial charge < -0.3 is 5.32 Å². The molecule has 5 nitrogen and oxygen atoms in total. The van der Waals surface area contributed by atoms with Crippen LogP contribution in [0.3, 0.4) is 0 Å². The molecule has 0 fully saturated rings. The number of hydrogen-bond donors (Lipinski definition) is 2. The number of thioether (sulfide) groups is 1. The second kappa shape index (κ2) is 6.29. The first kappa shape index (κ1) is 15.8. The van der Waals surface area contributed by atoms with Crippen LogP contribution in [0, 0.1) is 13.8 Å². The lowest BCUT2D eigenvalue weighted by Gasteiger charge is -2.13. The van der Waals surface area contributed by atoms with Crippen molar-refractivity contribution in [3.63, 3.8) is 0 Å². The topological polar surface area (TPSA) is 58.0 Å². The van der Waals surface area contributed by atoms with Gasteiger partial charge in [-0.05, 0) is 43.4 Å². The van der Waals surface area contributed by atoms with Crippen molar-refractivity contribution in [2.45, 2.75) is 18.7 Å². The number of aromatic nitrogens is 4. The first-order valence-electron chi connectivity index (χ1n) is 8.07. The normalized spacial score (nSPS) is 11.2. The highest BCUT2D eigenvalue weighted by molar-refractivity contribution is 7.98. The summed E-state index contributed by atoms with van der Waals surface area (Å²) in [6, 6.07) is 14.7. The fourth-order valence-electron chi connectivity index (χ4n) is 2.96. The van der Waals surface area contributed by atoms with E-state index in [1.807, 2.05) is 4.52 Å². The average molecular weight is 349 g/mol. The van der Waals surface area contributed by atoms with Gasteiger partial charge in [-0.2, -0.15) is 0 Å². The number of hydrogen-bond acceptors (Lipinski definition) is 4. The van der Waals surface area contributed by atoms with Crippen molar-refractivity contribution in [1.82, 2.24) is 19.6 Å². The van der Waals surface area contributed by atoms with Crippen LogP contribution < -0.4 is 5.32 Å². The Labute approximate surface area is 150 Å². The summed E-state index contributed by atoms with van der Waals surface area (Å²) >= 11 is 1.73. The van der Waals surface area contributed by atoms with Gasteiger partial charge in [0.05, 0.1) is 0 Å². The number of aryl methyl sites for hydroxylation is 2. The van der Waals surface area contributed by atoms with E-state index in [0.717, 1.165) is 22.8 Å². The summed E-state index contributed by atoms with van der Waals surface area (Å²) < 4.78 is 1.88. The SMILES string of the molecule is CSc1ccc(-c2nc3nc[nH]n3c2Nc2c(C)cccc2C)cc1. The standard InChI is InChI=1S/C19H19N5S/c1-12-5-4-6-13(2)16(12)22-18-17(23-19-20-11-21-24(18)19)14-7-9-15(25-3)10-8-14/h4-11,22H,1-3H3,(H,20,21,23). The Kier molecular flexibility index (Phi) is 3.97. The van der Waals surface area contributed by atoms with Gasteiger partial charge in [-0.15, -0.1) is 11.8 Å². The lowest BCUT2D eigenvalue weighted by molar-refractivity contribution is 0.979. The number of para-hydroxylation sites is 1. The Hall–Kier alpha value is -2.73. The average Bonchev–Trinajstić information content (AvgIpc) is 3.20. The summed E-state index contributed by atoms with van der Waals surface area (Å²) in [5, 5.41) is 6.71. The molecule has 0 saturated heterocycles. The molecule has 0 amide bonds. The molecule has 6 heteroatoms. The molecule has 0 radical (unpaired) electrons. The number of imidazole rings is 1. The molecule has 0 spiro atoms. The molecule has 126 valence electrons. The number of rotatable bonds is 4. The van der Waals surface area contributed by atoms with E-state index >= 15 is 0 Å². The van der Waals surface area contributed by atoms with E-state index in [1.54, 1.807) is 18.1 Å². The highest BCUT2D eigenvalue weighted by Crippen LogP contribution is 2.33. The van der Waals surface area contributed by atoms with Crippen LogP contribution in [0.1, 0.15) is 11.1 Å². The summed E-state index contributed by atoms with van der Waals surface area (Å²) in [6.45, 7) is 4.21. The van der Waals surface area contributed by atoms with Crippen LogP contribution in [0.5, 0.6) is 0 Å². The molecular weight excluding hydrogens is 330 g/mol. The molecule has 0 bridgehead atoms. The van der Waals surface area contributed by atoms with Crippen LogP contribution in [0.4, 0.5) is 11.5 Å². The van der Waals surface area contributed by atoms with Crippen LogP contribution in [0.2, 0.25) is 0 Å². The van der Waals surface area contributed by atoms with Gasteiger partial charge in [-0.3, -0.25) is 5.10 Å². The molecule has 0 aliphatic heterocycles. The first-order valence-corrected chi connectivity index (χ1v) is 9.29. The Bertz CT molecular complexity index is 1010. The molecule has 0 saturated carbocycles. The van der Waals surface area contributed by atoms with Crippen molar-refractivity contribution in [2.24, 2.45) is 0 Å². The zero-order valence-corrected chi connectivity index (χ0v) is 15.2. The minimum Gasteiger partial charge on any atom is -0.338 e. The Morgan fingerprint density at radius 3 is 2.44 bits per heavy atom. The van der Waals surface area contributed by atoms with Crippen LogP contribution in [-0.2, 0) is 0 Å². The quantitative estimate of drug-likeness (QED) is 0.519. The number of aromatic amines is 1. The number of benzene rings is 2. The molecule has 0 atom stereocenters. The van der Waals surface area contributed by atoms with Gasteiger partial charge in [0.1, 0.15) is 12.0 Å². The van der Waals surface area contributed by atoms with E-state index in [4.69, 9.17) is 4.98 Å². The highest BCUT2D eigenvalue weighted by Gasteiger charge is 2.17. The first-order chi connectivity index (χ1) is 12.2. The highest BCUT2D eigenvalue weighted by atomic mass is 32.2. The molecule has 2 heterocycles. The van der Waals surface area contributed by atoms with E-state index in [-0.39, 0.29) is 0 Å². The Morgan fingerprint density at radius 2 is 1.76 bits per heavy atom. The van der Waals surface area contributed by atoms with Crippen LogP contribution in [0.15, 0.2) is 53.7 Å². The molecule has 25 heavy (non-hydrogen) atoms. The number of H-pyrrole nitrogens is 1. The number of fused-ring (bicyclic) bond motifs is 1. The van der Waals surface area contributed by atoms with Gasteiger partial charge in [0.15, 0.2) is 5.82 Å². The van der Waals surface area contributed by atoms with Crippen molar-refractivity contribution < 1.29 is 0 Å². The fraction of sp³-hybridized carbons (Fsp3) is 0.158. The molecule has 2 aromatic carbocycles. The molecule has 4 aromatic rings. The van der Waals surface area contributed by atoms with Crippen molar-refractivity contribution in [2.75, 3.05) is 11.6 Å². The van der Waals surface area contributed by atoms with Gasteiger partial charge in [0, 0.05) is 16.1 Å². The van der Waals surface area contributed by atoms with Gasteiger partial charge in [-0.25, -0.2) is 14.5 Å². The number of anilines is 2. The number of nitrogens with zero attached hydrogens (tertiary/aromatic N) is 3. The van der Waals surface area contributed by atoms with Gasteiger partial charge in [0.2, 0.25) is 0 Å². The predicted octanol–water partition coefficient (Wildman–Crippen LogP) is 4.81. The molecule has 0 unspecified atom stereocenters. The Balaban J connectivity index is 1.85.